The van der Waals surface area contributed by atoms with E-state index >= 15 is 0 Å². The summed E-state index contributed by atoms with van der Waals surface area (Å²) in [6, 6.07) is 0. The molecule has 0 saturated heterocycles. The maximum Gasteiger partial charge on any atom is 0.00755 e. The Morgan fingerprint density at radius 3 is 2.70 bits per heavy atom. The van der Waals surface area contributed by atoms with Gasteiger partial charge in [-0.2, -0.15) is 0 Å². The van der Waals surface area contributed by atoms with Crippen LogP contribution in [0.4, 0.5) is 0 Å². The van der Waals surface area contributed by atoms with E-state index in [4.69, 9.17) is 5.73 Å². The lowest BCUT2D eigenvalue weighted by Gasteiger charge is -2.15. The van der Waals surface area contributed by atoms with Gasteiger partial charge in [0.05, 0.1) is 0 Å². The Kier molecular flexibility index (Phi) is 2.55. The van der Waals surface area contributed by atoms with Crippen molar-refractivity contribution in [3.63, 3.8) is 0 Å². The van der Waals surface area contributed by atoms with Crippen LogP contribution in [0.3, 0.4) is 0 Å². The molecular weight excluding hydrogens is 122 g/mol. The minimum atomic E-state index is 0.992. The summed E-state index contributed by atoms with van der Waals surface area (Å²) in [7, 11) is 0. The molecule has 0 aromatic carbocycles. The van der Waals surface area contributed by atoms with Gasteiger partial charge in [0.25, 0.3) is 0 Å². The molecule has 56 valence electrons. The molecule has 0 radical (unpaired) electrons. The second kappa shape index (κ2) is 3.45. The Morgan fingerprint density at radius 2 is 2.10 bits per heavy atom. The molecule has 0 aromatic heterocycles. The summed E-state index contributed by atoms with van der Waals surface area (Å²) < 4.78 is 0. The van der Waals surface area contributed by atoms with E-state index in [-0.39, 0.29) is 0 Å². The molecule has 0 atom stereocenters. The predicted octanol–water partition coefficient (Wildman–Crippen LogP) is 2.35. The Hall–Kier alpha value is -0.720. The standard InChI is InChI=1S/C9H15N/c1-2-5-8-6-3-4-7-9(8)10/h2H,1,3-7,10H2. The molecule has 2 N–H and O–H groups in total. The molecule has 0 aliphatic heterocycles. The van der Waals surface area contributed by atoms with Crippen LogP contribution in [0, 0.1) is 0 Å². The predicted molar refractivity (Wildman–Crippen MR) is 44.5 cm³/mol. The number of hydrogen-bond donors (Lipinski definition) is 1. The molecule has 1 nitrogen and oxygen atoms in total. The number of allylic oxidation sites excluding steroid dienone is 3. The molecule has 0 bridgehead atoms. The lowest BCUT2D eigenvalue weighted by atomic mass is 9.94. The van der Waals surface area contributed by atoms with E-state index in [2.05, 4.69) is 6.58 Å². The third-order valence-corrected chi connectivity index (χ3v) is 2.02. The lowest BCUT2D eigenvalue weighted by molar-refractivity contribution is 0.657. The average molecular weight is 137 g/mol. The highest BCUT2D eigenvalue weighted by Gasteiger charge is 2.07. The zero-order valence-electron chi connectivity index (χ0n) is 6.40. The van der Waals surface area contributed by atoms with Crippen molar-refractivity contribution in [2.24, 2.45) is 5.73 Å². The van der Waals surface area contributed by atoms with Crippen molar-refractivity contribution in [3.8, 4) is 0 Å². The number of hydrogen-bond acceptors (Lipinski definition) is 1. The van der Waals surface area contributed by atoms with Crippen molar-refractivity contribution in [2.75, 3.05) is 0 Å². The molecule has 1 aliphatic rings. The summed E-state index contributed by atoms with van der Waals surface area (Å²) >= 11 is 0. The summed E-state index contributed by atoms with van der Waals surface area (Å²) in [5.41, 5.74) is 8.33. The summed E-state index contributed by atoms with van der Waals surface area (Å²) in [5.74, 6) is 0. The first-order valence-electron chi connectivity index (χ1n) is 3.92. The lowest BCUT2D eigenvalue weighted by Crippen LogP contribution is -2.06. The van der Waals surface area contributed by atoms with Crippen molar-refractivity contribution in [1.29, 1.82) is 0 Å². The Morgan fingerprint density at radius 1 is 1.40 bits per heavy atom. The van der Waals surface area contributed by atoms with E-state index in [0.29, 0.717) is 0 Å². The smallest absolute Gasteiger partial charge is 0.00755 e. The van der Waals surface area contributed by atoms with Gasteiger partial charge in [0.2, 0.25) is 0 Å². The van der Waals surface area contributed by atoms with Gasteiger partial charge in [-0.1, -0.05) is 6.08 Å². The van der Waals surface area contributed by atoms with Crippen LogP contribution in [0.25, 0.3) is 0 Å². The maximum absolute atomic E-state index is 5.80. The van der Waals surface area contributed by atoms with E-state index in [1.54, 1.807) is 0 Å². The average Bonchev–Trinajstić information content (AvgIpc) is 1.94. The normalized spacial score (nSPS) is 19.2. The molecule has 1 aliphatic carbocycles. The molecule has 1 rings (SSSR count). The van der Waals surface area contributed by atoms with Gasteiger partial charge < -0.3 is 5.73 Å². The molecular formula is C9H15N. The molecule has 1 heteroatoms. The summed E-state index contributed by atoms with van der Waals surface area (Å²) in [4.78, 5) is 0. The van der Waals surface area contributed by atoms with Gasteiger partial charge in [-0.25, -0.2) is 0 Å². The number of nitrogens with two attached hydrogens (primary N) is 1. The number of rotatable bonds is 2. The van der Waals surface area contributed by atoms with Crippen molar-refractivity contribution >= 4 is 0 Å². The third kappa shape index (κ3) is 1.63. The highest BCUT2D eigenvalue weighted by molar-refractivity contribution is 5.16. The van der Waals surface area contributed by atoms with Crippen LogP contribution < -0.4 is 5.73 Å². The highest BCUT2D eigenvalue weighted by atomic mass is 14.6. The van der Waals surface area contributed by atoms with Crippen molar-refractivity contribution < 1.29 is 0 Å². The topological polar surface area (TPSA) is 26.0 Å². The molecule has 0 saturated carbocycles. The van der Waals surface area contributed by atoms with Crippen LogP contribution in [0.2, 0.25) is 0 Å². The summed E-state index contributed by atoms with van der Waals surface area (Å²) in [6.07, 6.45) is 7.80. The summed E-state index contributed by atoms with van der Waals surface area (Å²) in [5, 5.41) is 0. The van der Waals surface area contributed by atoms with Crippen molar-refractivity contribution in [2.45, 2.75) is 32.1 Å². The largest absolute Gasteiger partial charge is 0.402 e. The first-order chi connectivity index (χ1) is 4.84. The molecule has 0 heterocycles. The molecule has 0 amide bonds. The minimum Gasteiger partial charge on any atom is -0.402 e. The van der Waals surface area contributed by atoms with Crippen molar-refractivity contribution in [1.82, 2.24) is 0 Å². The molecule has 0 aromatic rings. The van der Waals surface area contributed by atoms with Gasteiger partial charge >= 0.3 is 0 Å². The monoisotopic (exact) mass is 137 g/mol. The second-order valence-corrected chi connectivity index (χ2v) is 2.83. The zero-order valence-corrected chi connectivity index (χ0v) is 6.40. The van der Waals surface area contributed by atoms with Gasteiger partial charge in [0, 0.05) is 5.70 Å². The van der Waals surface area contributed by atoms with E-state index in [9.17, 15) is 0 Å². The van der Waals surface area contributed by atoms with Gasteiger partial charge in [-0.05, 0) is 37.7 Å². The molecule has 0 spiro atoms. The highest BCUT2D eigenvalue weighted by Crippen LogP contribution is 2.23. The van der Waals surface area contributed by atoms with E-state index in [0.717, 1.165) is 18.5 Å². The third-order valence-electron chi connectivity index (χ3n) is 2.02. The first kappa shape index (κ1) is 7.39. The fourth-order valence-corrected chi connectivity index (χ4v) is 1.40. The van der Waals surface area contributed by atoms with Gasteiger partial charge in [-0.3, -0.25) is 0 Å². The Bertz CT molecular complexity index is 156. The SMILES string of the molecule is C=CCC1=C(N)CCCC1. The second-order valence-electron chi connectivity index (χ2n) is 2.83. The fourth-order valence-electron chi connectivity index (χ4n) is 1.40. The first-order valence-corrected chi connectivity index (χ1v) is 3.92. The summed E-state index contributed by atoms with van der Waals surface area (Å²) in [6.45, 7) is 3.70. The zero-order chi connectivity index (χ0) is 7.40. The van der Waals surface area contributed by atoms with Crippen LogP contribution in [-0.2, 0) is 0 Å². The maximum atomic E-state index is 5.80. The van der Waals surface area contributed by atoms with Crippen LogP contribution in [-0.4, -0.2) is 0 Å². The van der Waals surface area contributed by atoms with Crippen molar-refractivity contribution in [3.05, 3.63) is 23.9 Å². The van der Waals surface area contributed by atoms with Crippen LogP contribution in [0.5, 0.6) is 0 Å². The fraction of sp³-hybridized carbons (Fsp3) is 0.556. The van der Waals surface area contributed by atoms with Crippen LogP contribution in [0.1, 0.15) is 32.1 Å². The molecule has 10 heavy (non-hydrogen) atoms. The van der Waals surface area contributed by atoms with E-state index < -0.39 is 0 Å². The van der Waals surface area contributed by atoms with Gasteiger partial charge in [0.1, 0.15) is 0 Å². The molecule has 0 unspecified atom stereocenters. The minimum absolute atomic E-state index is 0.992. The van der Waals surface area contributed by atoms with Crippen LogP contribution in [0.15, 0.2) is 23.9 Å². The van der Waals surface area contributed by atoms with Gasteiger partial charge in [0.15, 0.2) is 0 Å². The Balaban J connectivity index is 2.58. The van der Waals surface area contributed by atoms with E-state index in [1.807, 2.05) is 6.08 Å². The van der Waals surface area contributed by atoms with Crippen LogP contribution >= 0.6 is 0 Å². The molecule has 0 fully saturated rings. The quantitative estimate of drug-likeness (QED) is 0.581. The Labute approximate surface area is 62.6 Å². The van der Waals surface area contributed by atoms with E-state index in [1.165, 1.54) is 24.8 Å². The van der Waals surface area contributed by atoms with Gasteiger partial charge in [-0.15, -0.1) is 6.58 Å².